The summed E-state index contributed by atoms with van der Waals surface area (Å²) in [7, 11) is 0. The molecule has 122 valence electrons. The van der Waals surface area contributed by atoms with E-state index in [-0.39, 0.29) is 18.1 Å². The van der Waals surface area contributed by atoms with Gasteiger partial charge in [-0.2, -0.15) is 0 Å². The van der Waals surface area contributed by atoms with Gasteiger partial charge in [-0.3, -0.25) is 4.79 Å². The molecule has 0 fully saturated rings. The standard InChI is InChI=1S/C18H28N2O2/c1-4-7-16(21)13-19-11-10-18(22)20(14(2)3)12-15-8-5-6-9-17(15)19/h5-6,8-9,14,16,21H,4,7,10-13H2,1-3H3. The Hall–Kier alpha value is -1.55. The molecule has 1 unspecified atom stereocenters. The minimum atomic E-state index is -0.339. The molecule has 1 atom stereocenters. The minimum Gasteiger partial charge on any atom is -0.391 e. The number of rotatable bonds is 5. The predicted octanol–water partition coefficient (Wildman–Crippen LogP) is 2.79. The molecule has 1 aliphatic heterocycles. The SMILES string of the molecule is CCCC(O)CN1CCC(=O)N(C(C)C)Cc2ccccc21. The van der Waals surface area contributed by atoms with E-state index in [0.29, 0.717) is 26.1 Å². The topological polar surface area (TPSA) is 43.8 Å². The van der Waals surface area contributed by atoms with E-state index in [9.17, 15) is 9.90 Å². The number of hydrogen-bond donors (Lipinski definition) is 1. The van der Waals surface area contributed by atoms with Gasteiger partial charge < -0.3 is 14.9 Å². The number of nitrogens with zero attached hydrogens (tertiary/aromatic N) is 2. The van der Waals surface area contributed by atoms with Crippen LogP contribution in [0.15, 0.2) is 24.3 Å². The summed E-state index contributed by atoms with van der Waals surface area (Å²) in [5.74, 6) is 0.194. The van der Waals surface area contributed by atoms with Gasteiger partial charge in [-0.05, 0) is 31.9 Å². The first-order valence-corrected chi connectivity index (χ1v) is 8.33. The molecule has 0 radical (unpaired) electrons. The van der Waals surface area contributed by atoms with Gasteiger partial charge in [-0.25, -0.2) is 0 Å². The van der Waals surface area contributed by atoms with Crippen LogP contribution in [0.1, 0.15) is 45.6 Å². The molecule has 1 N–H and O–H groups in total. The highest BCUT2D eigenvalue weighted by molar-refractivity contribution is 5.78. The molecule has 0 saturated heterocycles. The maximum absolute atomic E-state index is 12.4. The van der Waals surface area contributed by atoms with Crippen molar-refractivity contribution in [2.75, 3.05) is 18.0 Å². The van der Waals surface area contributed by atoms with E-state index in [1.165, 1.54) is 0 Å². The van der Waals surface area contributed by atoms with Gasteiger partial charge in [0.05, 0.1) is 6.10 Å². The summed E-state index contributed by atoms with van der Waals surface area (Å²) in [6.45, 7) is 8.11. The molecular formula is C18H28N2O2. The maximum atomic E-state index is 12.4. The number of carbonyl (C=O) groups excluding carboxylic acids is 1. The molecule has 1 amide bonds. The number of fused-ring (bicyclic) bond motifs is 1. The third-order valence-corrected chi connectivity index (χ3v) is 4.27. The Kier molecular flexibility index (Phi) is 5.83. The molecule has 4 heteroatoms. The number of anilines is 1. The Morgan fingerprint density at radius 3 is 2.68 bits per heavy atom. The molecule has 1 heterocycles. The van der Waals surface area contributed by atoms with Crippen molar-refractivity contribution in [1.82, 2.24) is 4.90 Å². The van der Waals surface area contributed by atoms with Crippen LogP contribution in [0.25, 0.3) is 0 Å². The lowest BCUT2D eigenvalue weighted by atomic mass is 10.1. The molecule has 0 bridgehead atoms. The van der Waals surface area contributed by atoms with Crippen LogP contribution in [-0.4, -0.2) is 41.1 Å². The van der Waals surface area contributed by atoms with Gasteiger partial charge in [0.15, 0.2) is 0 Å². The smallest absolute Gasteiger partial charge is 0.224 e. The Morgan fingerprint density at radius 1 is 1.27 bits per heavy atom. The normalized spacial score (nSPS) is 17.2. The molecule has 0 saturated carbocycles. The summed E-state index contributed by atoms with van der Waals surface area (Å²) >= 11 is 0. The Labute approximate surface area is 133 Å². The molecule has 0 aliphatic carbocycles. The Morgan fingerprint density at radius 2 is 2.00 bits per heavy atom. The van der Waals surface area contributed by atoms with Crippen molar-refractivity contribution in [2.24, 2.45) is 0 Å². The average molecular weight is 304 g/mol. The summed E-state index contributed by atoms with van der Waals surface area (Å²) < 4.78 is 0. The number of amides is 1. The quantitative estimate of drug-likeness (QED) is 0.909. The highest BCUT2D eigenvalue weighted by Crippen LogP contribution is 2.26. The number of carbonyl (C=O) groups is 1. The largest absolute Gasteiger partial charge is 0.391 e. The van der Waals surface area contributed by atoms with E-state index in [1.807, 2.05) is 17.0 Å². The van der Waals surface area contributed by atoms with Crippen molar-refractivity contribution in [2.45, 2.75) is 58.7 Å². The van der Waals surface area contributed by atoms with Crippen molar-refractivity contribution in [1.29, 1.82) is 0 Å². The van der Waals surface area contributed by atoms with E-state index in [0.717, 1.165) is 24.1 Å². The van der Waals surface area contributed by atoms with E-state index in [1.54, 1.807) is 0 Å². The second-order valence-corrected chi connectivity index (χ2v) is 6.38. The highest BCUT2D eigenvalue weighted by atomic mass is 16.3. The Balaban J connectivity index is 2.26. The van der Waals surface area contributed by atoms with Crippen molar-refractivity contribution in [3.8, 4) is 0 Å². The van der Waals surface area contributed by atoms with Crippen LogP contribution in [0.4, 0.5) is 5.69 Å². The third kappa shape index (κ3) is 4.01. The van der Waals surface area contributed by atoms with Crippen molar-refractivity contribution >= 4 is 11.6 Å². The zero-order valence-electron chi connectivity index (χ0n) is 14.0. The van der Waals surface area contributed by atoms with Crippen LogP contribution in [0.2, 0.25) is 0 Å². The zero-order chi connectivity index (χ0) is 16.1. The van der Waals surface area contributed by atoms with Gasteiger partial charge in [0, 0.05) is 37.8 Å². The summed E-state index contributed by atoms with van der Waals surface area (Å²) in [5, 5.41) is 10.2. The average Bonchev–Trinajstić information content (AvgIpc) is 2.47. The number of aliphatic hydroxyl groups is 1. The number of hydrogen-bond acceptors (Lipinski definition) is 3. The van der Waals surface area contributed by atoms with Crippen molar-refractivity contribution in [3.05, 3.63) is 29.8 Å². The summed E-state index contributed by atoms with van der Waals surface area (Å²) in [4.78, 5) is 16.5. The van der Waals surface area contributed by atoms with E-state index in [2.05, 4.69) is 37.8 Å². The monoisotopic (exact) mass is 304 g/mol. The highest BCUT2D eigenvalue weighted by Gasteiger charge is 2.24. The van der Waals surface area contributed by atoms with E-state index in [4.69, 9.17) is 0 Å². The minimum absolute atomic E-state index is 0.194. The zero-order valence-corrected chi connectivity index (χ0v) is 14.0. The van der Waals surface area contributed by atoms with Crippen LogP contribution in [0.3, 0.4) is 0 Å². The van der Waals surface area contributed by atoms with Crippen LogP contribution in [-0.2, 0) is 11.3 Å². The summed E-state index contributed by atoms with van der Waals surface area (Å²) in [5.41, 5.74) is 2.31. The first kappa shape index (κ1) is 16.8. The van der Waals surface area contributed by atoms with Gasteiger partial charge in [0.25, 0.3) is 0 Å². The lowest BCUT2D eigenvalue weighted by molar-refractivity contribution is -0.133. The molecule has 1 aromatic carbocycles. The van der Waals surface area contributed by atoms with Crippen LogP contribution < -0.4 is 4.90 Å². The van der Waals surface area contributed by atoms with Crippen LogP contribution >= 0.6 is 0 Å². The maximum Gasteiger partial charge on any atom is 0.224 e. The molecule has 0 spiro atoms. The second kappa shape index (κ2) is 7.63. The number of para-hydroxylation sites is 1. The molecule has 1 aromatic rings. The first-order valence-electron chi connectivity index (χ1n) is 8.33. The predicted molar refractivity (Wildman–Crippen MR) is 89.9 cm³/mol. The molecule has 2 rings (SSSR count). The lowest BCUT2D eigenvalue weighted by Gasteiger charge is -2.35. The van der Waals surface area contributed by atoms with Gasteiger partial charge in [0.2, 0.25) is 5.91 Å². The molecular weight excluding hydrogens is 276 g/mol. The fraction of sp³-hybridized carbons (Fsp3) is 0.611. The van der Waals surface area contributed by atoms with E-state index >= 15 is 0 Å². The number of benzene rings is 1. The second-order valence-electron chi connectivity index (χ2n) is 6.38. The fourth-order valence-corrected chi connectivity index (χ4v) is 3.06. The molecule has 1 aliphatic rings. The first-order chi connectivity index (χ1) is 10.5. The van der Waals surface area contributed by atoms with Gasteiger partial charge in [0.1, 0.15) is 0 Å². The Bertz CT molecular complexity index is 502. The molecule has 0 aromatic heterocycles. The van der Waals surface area contributed by atoms with E-state index < -0.39 is 0 Å². The third-order valence-electron chi connectivity index (χ3n) is 4.27. The van der Waals surface area contributed by atoms with Crippen molar-refractivity contribution in [3.63, 3.8) is 0 Å². The van der Waals surface area contributed by atoms with Gasteiger partial charge in [-0.1, -0.05) is 31.5 Å². The molecule has 22 heavy (non-hydrogen) atoms. The summed E-state index contributed by atoms with van der Waals surface area (Å²) in [6, 6.07) is 8.44. The van der Waals surface area contributed by atoms with Crippen LogP contribution in [0, 0.1) is 0 Å². The number of β-amino-alcohol motifs (C(OH)–C–C–N with tert-alkyl or cyclic N) is 1. The van der Waals surface area contributed by atoms with Gasteiger partial charge in [-0.15, -0.1) is 0 Å². The van der Waals surface area contributed by atoms with Crippen molar-refractivity contribution < 1.29 is 9.90 Å². The van der Waals surface area contributed by atoms with Gasteiger partial charge >= 0.3 is 0 Å². The molecule has 4 nitrogen and oxygen atoms in total. The summed E-state index contributed by atoms with van der Waals surface area (Å²) in [6.07, 6.45) is 1.93. The van der Waals surface area contributed by atoms with Crippen LogP contribution in [0.5, 0.6) is 0 Å². The fourth-order valence-electron chi connectivity index (χ4n) is 3.06. The lowest BCUT2D eigenvalue weighted by Crippen LogP contribution is -2.43. The number of aliphatic hydroxyl groups excluding tert-OH is 1.